The Balaban J connectivity index is 1.82. The van der Waals surface area contributed by atoms with Gasteiger partial charge in [-0.3, -0.25) is 10.1 Å². The van der Waals surface area contributed by atoms with Crippen LogP contribution in [0.5, 0.6) is 0 Å². The molecule has 3 N–H and O–H groups in total. The molecule has 126 valence electrons. The van der Waals surface area contributed by atoms with Crippen LogP contribution in [-0.4, -0.2) is 26.3 Å². The van der Waals surface area contributed by atoms with Crippen molar-refractivity contribution in [2.45, 2.75) is 11.8 Å². The lowest BCUT2D eigenvalue weighted by molar-refractivity contribution is -0.140. The number of carboxylic acid groups (broad SMARTS) is 1. The lowest BCUT2D eigenvalue weighted by Crippen LogP contribution is -2.41. The summed E-state index contributed by atoms with van der Waals surface area (Å²) in [5, 5.41) is 21.5. The first-order valence-electron chi connectivity index (χ1n) is 7.47. The minimum atomic E-state index is -1.39. The van der Waals surface area contributed by atoms with Gasteiger partial charge in [-0.1, -0.05) is 29.4 Å². The summed E-state index contributed by atoms with van der Waals surface area (Å²) in [4.78, 5) is 15.7. The highest BCUT2D eigenvalue weighted by molar-refractivity contribution is 8.10. The third-order valence-corrected chi connectivity index (χ3v) is 5.97. The van der Waals surface area contributed by atoms with Gasteiger partial charge in [-0.25, -0.2) is 4.79 Å². The molecular weight excluding hydrogens is 360 g/mol. The van der Waals surface area contributed by atoms with Crippen LogP contribution < -0.4 is 5.32 Å². The normalized spacial score (nSPS) is 19.7. The van der Waals surface area contributed by atoms with Crippen molar-refractivity contribution in [2.24, 2.45) is 0 Å². The number of H-pyrrole nitrogens is 1. The number of rotatable bonds is 3. The zero-order chi connectivity index (χ0) is 17.6. The first-order chi connectivity index (χ1) is 12.0. The van der Waals surface area contributed by atoms with Crippen LogP contribution in [0.3, 0.4) is 0 Å². The van der Waals surface area contributed by atoms with E-state index in [1.807, 2.05) is 19.1 Å². The number of thioether (sulfide) groups is 1. The molecule has 1 atom stereocenters. The summed E-state index contributed by atoms with van der Waals surface area (Å²) in [5.74, 6) is -1.01. The lowest BCUT2D eigenvalue weighted by atomic mass is 10.1. The smallest absolute Gasteiger partial charge is 0.346 e. The second-order valence-electron chi connectivity index (χ2n) is 5.65. The van der Waals surface area contributed by atoms with E-state index in [0.717, 1.165) is 21.4 Å². The summed E-state index contributed by atoms with van der Waals surface area (Å²) < 4.78 is 0. The largest absolute Gasteiger partial charge is 0.479 e. The van der Waals surface area contributed by atoms with Gasteiger partial charge in [0.15, 0.2) is 0 Å². The maximum absolute atomic E-state index is 12.2. The van der Waals surface area contributed by atoms with Gasteiger partial charge in [-0.05, 0) is 30.7 Å². The molecular formula is C17H13ClN4O2S. The van der Waals surface area contributed by atoms with Gasteiger partial charge in [0.05, 0.1) is 11.2 Å². The fourth-order valence-electron chi connectivity index (χ4n) is 2.84. The number of pyridine rings is 1. The van der Waals surface area contributed by atoms with Crippen LogP contribution in [0.4, 0.5) is 0 Å². The SMILES string of the molecule is Cc1c(Cl)ccc2c(C3(C(=O)O)NC=C(c4cccnc4)S3)[nH]nc12. The van der Waals surface area contributed by atoms with Crippen LogP contribution in [0.2, 0.25) is 5.02 Å². The molecule has 0 spiro atoms. The molecule has 2 aromatic heterocycles. The number of hydrogen-bond acceptors (Lipinski definition) is 5. The second kappa shape index (κ2) is 5.79. The molecule has 0 aliphatic carbocycles. The highest BCUT2D eigenvalue weighted by atomic mass is 35.5. The Labute approximate surface area is 152 Å². The van der Waals surface area contributed by atoms with E-state index in [0.29, 0.717) is 16.2 Å². The fraction of sp³-hybridized carbons (Fsp3) is 0.118. The van der Waals surface area contributed by atoms with Crippen LogP contribution in [-0.2, 0) is 9.67 Å². The van der Waals surface area contributed by atoms with Crippen LogP contribution >= 0.6 is 23.4 Å². The molecule has 0 saturated carbocycles. The summed E-state index contributed by atoms with van der Waals surface area (Å²) in [7, 11) is 0. The minimum absolute atomic E-state index is 0.481. The van der Waals surface area contributed by atoms with Gasteiger partial charge in [-0.15, -0.1) is 0 Å². The van der Waals surface area contributed by atoms with Crippen molar-refractivity contribution in [2.75, 3.05) is 0 Å². The lowest BCUT2D eigenvalue weighted by Gasteiger charge is -2.23. The number of aromatic nitrogens is 3. The van der Waals surface area contributed by atoms with Crippen molar-refractivity contribution in [3.8, 4) is 0 Å². The molecule has 1 aromatic carbocycles. The number of nitrogens with one attached hydrogen (secondary N) is 2. The van der Waals surface area contributed by atoms with E-state index < -0.39 is 10.8 Å². The van der Waals surface area contributed by atoms with Crippen LogP contribution in [0.15, 0.2) is 42.9 Å². The number of hydrogen-bond donors (Lipinski definition) is 3. The standard InChI is InChI=1S/C17H13ClN4O2S/c1-9-12(18)5-4-11-14(9)21-22-15(11)17(16(23)24)20-8-13(25-17)10-3-2-6-19-7-10/h2-8,20H,1H3,(H,21,22)(H,23,24). The number of nitrogens with zero attached hydrogens (tertiary/aromatic N) is 2. The zero-order valence-corrected chi connectivity index (χ0v) is 14.6. The number of carbonyl (C=O) groups is 1. The second-order valence-corrected chi connectivity index (χ2v) is 7.31. The molecule has 1 aliphatic rings. The maximum atomic E-state index is 12.2. The molecule has 25 heavy (non-hydrogen) atoms. The number of aliphatic carboxylic acids is 1. The first-order valence-corrected chi connectivity index (χ1v) is 8.67. The van der Waals surface area contributed by atoms with Gasteiger partial charge in [0.2, 0.25) is 4.87 Å². The number of aromatic amines is 1. The Morgan fingerprint density at radius 2 is 2.20 bits per heavy atom. The summed E-state index contributed by atoms with van der Waals surface area (Å²) in [6.45, 7) is 1.86. The molecule has 0 amide bonds. The van der Waals surface area contributed by atoms with E-state index in [4.69, 9.17) is 11.6 Å². The number of benzene rings is 1. The van der Waals surface area contributed by atoms with Gasteiger partial charge in [-0.2, -0.15) is 5.10 Å². The van der Waals surface area contributed by atoms with Gasteiger partial charge in [0, 0.05) is 39.5 Å². The van der Waals surface area contributed by atoms with Gasteiger partial charge >= 0.3 is 5.97 Å². The maximum Gasteiger partial charge on any atom is 0.346 e. The summed E-state index contributed by atoms with van der Waals surface area (Å²) >= 11 is 7.36. The van der Waals surface area contributed by atoms with Gasteiger partial charge in [0.25, 0.3) is 0 Å². The van der Waals surface area contributed by atoms with Crippen molar-refractivity contribution in [1.82, 2.24) is 20.5 Å². The molecule has 1 unspecified atom stereocenters. The van der Waals surface area contributed by atoms with Crippen LogP contribution in [0, 0.1) is 6.92 Å². The Bertz CT molecular complexity index is 1020. The minimum Gasteiger partial charge on any atom is -0.479 e. The molecule has 0 saturated heterocycles. The summed E-state index contributed by atoms with van der Waals surface area (Å²) in [5.41, 5.74) is 2.81. The Hall–Kier alpha value is -2.51. The van der Waals surface area contributed by atoms with E-state index in [1.165, 1.54) is 11.8 Å². The molecule has 8 heteroatoms. The quantitative estimate of drug-likeness (QED) is 0.652. The molecule has 0 fully saturated rings. The third-order valence-electron chi connectivity index (χ3n) is 4.18. The van der Waals surface area contributed by atoms with Crippen LogP contribution in [0.25, 0.3) is 15.8 Å². The third kappa shape index (κ3) is 2.39. The molecule has 6 nitrogen and oxygen atoms in total. The van der Waals surface area contributed by atoms with E-state index >= 15 is 0 Å². The highest BCUT2D eigenvalue weighted by Crippen LogP contribution is 2.48. The molecule has 1 aliphatic heterocycles. The first kappa shape index (κ1) is 16.0. The molecule has 0 bridgehead atoms. The Kier molecular flexibility index (Phi) is 3.70. The van der Waals surface area contributed by atoms with E-state index in [2.05, 4.69) is 20.5 Å². The molecule has 0 radical (unpaired) electrons. The molecule has 3 aromatic rings. The van der Waals surface area contributed by atoms with Crippen molar-refractivity contribution in [3.63, 3.8) is 0 Å². The fourth-order valence-corrected chi connectivity index (χ4v) is 4.14. The Morgan fingerprint density at radius 3 is 2.92 bits per heavy atom. The summed E-state index contributed by atoms with van der Waals surface area (Å²) in [6.07, 6.45) is 5.08. The van der Waals surface area contributed by atoms with E-state index in [9.17, 15) is 9.90 Å². The number of halogens is 1. The molecule has 3 heterocycles. The number of aryl methyl sites for hydroxylation is 1. The van der Waals surface area contributed by atoms with Crippen molar-refractivity contribution in [1.29, 1.82) is 0 Å². The van der Waals surface area contributed by atoms with E-state index in [1.54, 1.807) is 30.7 Å². The number of carboxylic acids is 1. The van der Waals surface area contributed by atoms with Gasteiger partial charge < -0.3 is 10.4 Å². The monoisotopic (exact) mass is 372 g/mol. The topological polar surface area (TPSA) is 90.9 Å². The van der Waals surface area contributed by atoms with Gasteiger partial charge in [0.1, 0.15) is 0 Å². The average molecular weight is 373 g/mol. The van der Waals surface area contributed by atoms with Crippen molar-refractivity contribution < 1.29 is 9.90 Å². The predicted molar refractivity (Wildman–Crippen MR) is 98.1 cm³/mol. The van der Waals surface area contributed by atoms with E-state index in [-0.39, 0.29) is 0 Å². The molecule has 4 rings (SSSR count). The summed E-state index contributed by atoms with van der Waals surface area (Å²) in [6, 6.07) is 7.25. The number of fused-ring (bicyclic) bond motifs is 1. The van der Waals surface area contributed by atoms with Crippen molar-refractivity contribution >= 4 is 45.1 Å². The average Bonchev–Trinajstić information content (AvgIpc) is 3.24. The van der Waals surface area contributed by atoms with Crippen molar-refractivity contribution in [3.05, 3.63) is 64.7 Å². The zero-order valence-electron chi connectivity index (χ0n) is 13.1. The predicted octanol–water partition coefficient (Wildman–Crippen LogP) is 3.49. The van der Waals surface area contributed by atoms with Crippen LogP contribution in [0.1, 0.15) is 16.8 Å². The highest BCUT2D eigenvalue weighted by Gasteiger charge is 2.48. The Morgan fingerprint density at radius 1 is 1.36 bits per heavy atom.